The molecule has 1 unspecified atom stereocenters. The summed E-state index contributed by atoms with van der Waals surface area (Å²) in [6, 6.07) is 7.45. The number of nitrogens with one attached hydrogen (secondary N) is 2. The normalized spacial score (nSPS) is 18.3. The van der Waals surface area contributed by atoms with Gasteiger partial charge in [0.2, 0.25) is 5.91 Å². The molecule has 1 aromatic rings. The quantitative estimate of drug-likeness (QED) is 0.873. The van der Waals surface area contributed by atoms with Gasteiger partial charge in [0.15, 0.2) is 0 Å². The first kappa shape index (κ1) is 15.8. The molecular weight excluding hydrogens is 262 g/mol. The van der Waals surface area contributed by atoms with Gasteiger partial charge in [0.1, 0.15) is 0 Å². The molecule has 4 heteroatoms. The van der Waals surface area contributed by atoms with Gasteiger partial charge in [0.25, 0.3) is 0 Å². The van der Waals surface area contributed by atoms with E-state index in [1.54, 1.807) is 6.92 Å². The van der Waals surface area contributed by atoms with Gasteiger partial charge in [-0.15, -0.1) is 0 Å². The van der Waals surface area contributed by atoms with Crippen LogP contribution in [0.2, 0.25) is 0 Å². The molecule has 0 radical (unpaired) electrons. The first-order valence-corrected chi connectivity index (χ1v) is 7.80. The molecule has 2 rings (SSSR count). The molecule has 0 spiro atoms. The van der Waals surface area contributed by atoms with E-state index in [9.17, 15) is 4.79 Å². The Morgan fingerprint density at radius 1 is 1.43 bits per heavy atom. The molecule has 0 bridgehead atoms. The molecule has 0 saturated carbocycles. The molecule has 1 aliphatic heterocycles. The number of hydrogen-bond acceptors (Lipinski definition) is 3. The summed E-state index contributed by atoms with van der Waals surface area (Å²) in [6.07, 6.45) is 1.02. The number of anilines is 1. The number of nitrogens with zero attached hydrogens (tertiary/aromatic N) is 1. The smallest absolute Gasteiger partial charge is 0.217 e. The molecule has 4 nitrogen and oxygen atoms in total. The largest absolute Gasteiger partial charge is 0.369 e. The average molecular weight is 289 g/mol. The molecule has 1 fully saturated rings. The first-order valence-electron chi connectivity index (χ1n) is 7.80. The van der Waals surface area contributed by atoms with Crippen molar-refractivity contribution in [1.29, 1.82) is 0 Å². The molecule has 1 atom stereocenters. The number of carbonyl (C=O) groups excluding carboxylic acids is 1. The third kappa shape index (κ3) is 4.46. The lowest BCUT2D eigenvalue weighted by Gasteiger charge is -2.20. The first-order chi connectivity index (χ1) is 9.95. The Morgan fingerprint density at radius 3 is 2.81 bits per heavy atom. The molecule has 1 aromatic carbocycles. The van der Waals surface area contributed by atoms with Crippen LogP contribution in [0.4, 0.5) is 5.69 Å². The van der Waals surface area contributed by atoms with E-state index in [0.29, 0.717) is 6.04 Å². The minimum Gasteiger partial charge on any atom is -0.369 e. The SMILES string of the molecule is CC(=O)NC1CCN(c2ccc(CNC(C)C)c(C)c2)C1. The van der Waals surface area contributed by atoms with Crippen molar-refractivity contribution in [1.82, 2.24) is 10.6 Å². The Labute approximate surface area is 127 Å². The Balaban J connectivity index is 1.98. The molecule has 2 N–H and O–H groups in total. The summed E-state index contributed by atoms with van der Waals surface area (Å²) in [5.41, 5.74) is 3.93. The van der Waals surface area contributed by atoms with Crippen molar-refractivity contribution in [3.63, 3.8) is 0 Å². The van der Waals surface area contributed by atoms with E-state index >= 15 is 0 Å². The standard InChI is InChI=1S/C17H27N3O/c1-12(2)18-10-15-5-6-17(9-13(15)3)20-8-7-16(11-20)19-14(4)21/h5-6,9,12,16,18H,7-8,10-11H2,1-4H3,(H,19,21). The number of rotatable bonds is 5. The summed E-state index contributed by atoms with van der Waals surface area (Å²) in [4.78, 5) is 13.5. The van der Waals surface area contributed by atoms with Crippen LogP contribution in [0.1, 0.15) is 38.3 Å². The molecule has 116 valence electrons. The van der Waals surface area contributed by atoms with Crippen LogP contribution >= 0.6 is 0 Å². The summed E-state index contributed by atoms with van der Waals surface area (Å²) in [7, 11) is 0. The lowest BCUT2D eigenvalue weighted by molar-refractivity contribution is -0.119. The van der Waals surface area contributed by atoms with Crippen LogP contribution in [0.25, 0.3) is 0 Å². The van der Waals surface area contributed by atoms with Gasteiger partial charge >= 0.3 is 0 Å². The van der Waals surface area contributed by atoms with Crippen molar-refractivity contribution in [2.75, 3.05) is 18.0 Å². The topological polar surface area (TPSA) is 44.4 Å². The highest BCUT2D eigenvalue weighted by molar-refractivity contribution is 5.73. The van der Waals surface area contributed by atoms with Gasteiger partial charge in [0.05, 0.1) is 0 Å². The predicted octanol–water partition coefficient (Wildman–Crippen LogP) is 2.21. The number of aryl methyl sites for hydroxylation is 1. The fourth-order valence-electron chi connectivity index (χ4n) is 2.79. The van der Waals surface area contributed by atoms with Gasteiger partial charge in [0, 0.05) is 44.3 Å². The van der Waals surface area contributed by atoms with Gasteiger partial charge < -0.3 is 15.5 Å². The molecule has 0 aromatic heterocycles. The van der Waals surface area contributed by atoms with Crippen LogP contribution in [0.15, 0.2) is 18.2 Å². The average Bonchev–Trinajstić information content (AvgIpc) is 2.84. The van der Waals surface area contributed by atoms with Gasteiger partial charge in [-0.05, 0) is 36.6 Å². The second kappa shape index (κ2) is 6.94. The molecular formula is C17H27N3O. The number of amides is 1. The Hall–Kier alpha value is -1.55. The second-order valence-electron chi connectivity index (χ2n) is 6.28. The van der Waals surface area contributed by atoms with E-state index in [2.05, 4.69) is 54.5 Å². The Kier molecular flexibility index (Phi) is 5.23. The maximum atomic E-state index is 11.1. The number of benzene rings is 1. The zero-order chi connectivity index (χ0) is 15.4. The summed E-state index contributed by atoms with van der Waals surface area (Å²) in [5, 5.41) is 6.47. The molecule has 0 aliphatic carbocycles. The summed E-state index contributed by atoms with van der Waals surface area (Å²) < 4.78 is 0. The zero-order valence-electron chi connectivity index (χ0n) is 13.6. The van der Waals surface area contributed by atoms with Crippen LogP contribution in [0.5, 0.6) is 0 Å². The van der Waals surface area contributed by atoms with E-state index < -0.39 is 0 Å². The lowest BCUT2D eigenvalue weighted by Crippen LogP contribution is -2.35. The van der Waals surface area contributed by atoms with Crippen LogP contribution in [0.3, 0.4) is 0 Å². The van der Waals surface area contributed by atoms with Gasteiger partial charge in [-0.3, -0.25) is 4.79 Å². The highest BCUT2D eigenvalue weighted by atomic mass is 16.1. The fraction of sp³-hybridized carbons (Fsp3) is 0.588. The van der Waals surface area contributed by atoms with Crippen molar-refractivity contribution in [2.45, 2.75) is 52.7 Å². The highest BCUT2D eigenvalue weighted by Crippen LogP contribution is 2.23. The maximum absolute atomic E-state index is 11.1. The van der Waals surface area contributed by atoms with Gasteiger partial charge in [-0.1, -0.05) is 19.9 Å². The Bertz CT molecular complexity index is 499. The third-order valence-electron chi connectivity index (χ3n) is 3.99. The highest BCUT2D eigenvalue weighted by Gasteiger charge is 2.23. The summed E-state index contributed by atoms with van der Waals surface area (Å²) in [6.45, 7) is 10.9. The third-order valence-corrected chi connectivity index (χ3v) is 3.99. The molecule has 21 heavy (non-hydrogen) atoms. The Morgan fingerprint density at radius 2 is 2.19 bits per heavy atom. The van der Waals surface area contributed by atoms with E-state index in [4.69, 9.17) is 0 Å². The van der Waals surface area contributed by atoms with Crippen LogP contribution < -0.4 is 15.5 Å². The van der Waals surface area contributed by atoms with Crippen molar-refractivity contribution in [2.24, 2.45) is 0 Å². The summed E-state index contributed by atoms with van der Waals surface area (Å²) in [5.74, 6) is 0.0631. The molecule has 1 aliphatic rings. The van der Waals surface area contributed by atoms with Crippen LogP contribution in [0, 0.1) is 6.92 Å². The predicted molar refractivity (Wildman–Crippen MR) is 87.6 cm³/mol. The second-order valence-corrected chi connectivity index (χ2v) is 6.28. The van der Waals surface area contributed by atoms with Crippen molar-refractivity contribution in [3.8, 4) is 0 Å². The number of hydrogen-bond donors (Lipinski definition) is 2. The minimum atomic E-state index is 0.0631. The van der Waals surface area contributed by atoms with E-state index in [0.717, 1.165) is 26.1 Å². The van der Waals surface area contributed by atoms with E-state index in [-0.39, 0.29) is 11.9 Å². The van der Waals surface area contributed by atoms with Crippen molar-refractivity contribution < 1.29 is 4.79 Å². The zero-order valence-corrected chi connectivity index (χ0v) is 13.6. The van der Waals surface area contributed by atoms with Crippen LogP contribution in [-0.4, -0.2) is 31.1 Å². The van der Waals surface area contributed by atoms with E-state index in [1.165, 1.54) is 16.8 Å². The minimum absolute atomic E-state index is 0.0631. The van der Waals surface area contributed by atoms with Crippen molar-refractivity contribution >= 4 is 11.6 Å². The van der Waals surface area contributed by atoms with Gasteiger partial charge in [-0.2, -0.15) is 0 Å². The lowest BCUT2D eigenvalue weighted by atomic mass is 10.1. The molecule has 1 amide bonds. The van der Waals surface area contributed by atoms with Crippen LogP contribution in [-0.2, 0) is 11.3 Å². The molecule has 1 saturated heterocycles. The molecule has 1 heterocycles. The van der Waals surface area contributed by atoms with Gasteiger partial charge in [-0.25, -0.2) is 0 Å². The van der Waals surface area contributed by atoms with E-state index in [1.807, 2.05) is 0 Å². The fourth-order valence-corrected chi connectivity index (χ4v) is 2.79. The monoisotopic (exact) mass is 289 g/mol. The summed E-state index contributed by atoms with van der Waals surface area (Å²) >= 11 is 0. The van der Waals surface area contributed by atoms with Crippen molar-refractivity contribution in [3.05, 3.63) is 29.3 Å². The maximum Gasteiger partial charge on any atom is 0.217 e. The number of carbonyl (C=O) groups is 1.